The summed E-state index contributed by atoms with van der Waals surface area (Å²) < 4.78 is 7.24. The molecule has 0 radical (unpaired) electrons. The maximum absolute atomic E-state index is 5.36. The van der Waals surface area contributed by atoms with Crippen molar-refractivity contribution in [2.45, 2.75) is 13.0 Å². The zero-order valence-electron chi connectivity index (χ0n) is 13.6. The predicted molar refractivity (Wildman–Crippen MR) is 93.9 cm³/mol. The van der Waals surface area contributed by atoms with Crippen LogP contribution in [-0.4, -0.2) is 21.9 Å². The smallest absolute Gasteiger partial charge is 0.226 e. The van der Waals surface area contributed by atoms with Crippen LogP contribution in [0.4, 0.5) is 5.95 Å². The summed E-state index contributed by atoms with van der Waals surface area (Å²) in [5.74, 6) is 1.57. The molecule has 2 heterocycles. The number of nitrogens with zero attached hydrogens (tertiary/aromatic N) is 3. The van der Waals surface area contributed by atoms with Gasteiger partial charge >= 0.3 is 0 Å². The second-order valence-electron chi connectivity index (χ2n) is 5.82. The summed E-state index contributed by atoms with van der Waals surface area (Å²) in [4.78, 5) is 4.34. The number of allylic oxidation sites excluding steroid dienone is 1. The van der Waals surface area contributed by atoms with Gasteiger partial charge in [0.2, 0.25) is 5.95 Å². The normalized spacial score (nSPS) is 16.1. The Morgan fingerprint density at radius 3 is 2.75 bits per heavy atom. The molecule has 1 unspecified atom stereocenters. The summed E-state index contributed by atoms with van der Waals surface area (Å²) >= 11 is 0. The molecule has 0 saturated heterocycles. The number of aryl methyl sites for hydroxylation is 1. The third-order valence-corrected chi connectivity index (χ3v) is 4.21. The van der Waals surface area contributed by atoms with E-state index in [1.54, 1.807) is 13.4 Å². The van der Waals surface area contributed by atoms with Crippen LogP contribution >= 0.6 is 0 Å². The summed E-state index contributed by atoms with van der Waals surface area (Å²) in [6.07, 6.45) is 3.74. The standard InChI is InChI=1S/C19H18N4O/c1-13-6-8-14(9-7-13)17-11-18(23-19(22-17)20-12-21-23)15-4-3-5-16(10-15)24-2/h3-12,18H,1-2H3,(H,20,21,22). The molecule has 1 aliphatic heterocycles. The van der Waals surface area contributed by atoms with Gasteiger partial charge in [-0.05, 0) is 36.3 Å². The van der Waals surface area contributed by atoms with Gasteiger partial charge in [0.15, 0.2) is 0 Å². The van der Waals surface area contributed by atoms with Crippen molar-refractivity contribution in [2.24, 2.45) is 0 Å². The van der Waals surface area contributed by atoms with Gasteiger partial charge < -0.3 is 10.1 Å². The van der Waals surface area contributed by atoms with Crippen LogP contribution in [0.3, 0.4) is 0 Å². The highest BCUT2D eigenvalue weighted by Gasteiger charge is 2.23. The molecule has 0 aliphatic carbocycles. The minimum Gasteiger partial charge on any atom is -0.497 e. The largest absolute Gasteiger partial charge is 0.497 e. The molecule has 5 nitrogen and oxygen atoms in total. The van der Waals surface area contributed by atoms with E-state index in [1.165, 1.54) is 5.56 Å². The van der Waals surface area contributed by atoms with E-state index in [9.17, 15) is 0 Å². The fourth-order valence-corrected chi connectivity index (χ4v) is 2.90. The minimum atomic E-state index is -0.0323. The Bertz CT molecular complexity index is 896. The Morgan fingerprint density at radius 2 is 1.96 bits per heavy atom. The zero-order chi connectivity index (χ0) is 16.5. The van der Waals surface area contributed by atoms with Crippen LogP contribution in [0.2, 0.25) is 0 Å². The third-order valence-electron chi connectivity index (χ3n) is 4.21. The van der Waals surface area contributed by atoms with Crippen molar-refractivity contribution in [2.75, 3.05) is 12.4 Å². The van der Waals surface area contributed by atoms with Gasteiger partial charge in [-0.25, -0.2) is 4.68 Å². The maximum Gasteiger partial charge on any atom is 0.226 e. The van der Waals surface area contributed by atoms with Gasteiger partial charge in [0.05, 0.1) is 7.11 Å². The van der Waals surface area contributed by atoms with Crippen LogP contribution in [0.5, 0.6) is 5.75 Å². The first-order chi connectivity index (χ1) is 11.7. The van der Waals surface area contributed by atoms with E-state index in [0.717, 1.165) is 28.5 Å². The lowest BCUT2D eigenvalue weighted by Crippen LogP contribution is -2.20. The predicted octanol–water partition coefficient (Wildman–Crippen LogP) is 3.65. The van der Waals surface area contributed by atoms with E-state index in [1.807, 2.05) is 22.9 Å². The van der Waals surface area contributed by atoms with E-state index in [2.05, 4.69) is 58.7 Å². The van der Waals surface area contributed by atoms with Gasteiger partial charge in [-0.3, -0.25) is 0 Å². The van der Waals surface area contributed by atoms with Crippen LogP contribution in [0.25, 0.3) is 5.70 Å². The van der Waals surface area contributed by atoms with Crippen LogP contribution in [0.1, 0.15) is 22.7 Å². The van der Waals surface area contributed by atoms with Crippen LogP contribution in [0.15, 0.2) is 60.9 Å². The number of methoxy groups -OCH3 is 1. The number of hydrogen-bond acceptors (Lipinski definition) is 4. The third kappa shape index (κ3) is 2.54. The maximum atomic E-state index is 5.36. The van der Waals surface area contributed by atoms with Crippen molar-refractivity contribution in [1.29, 1.82) is 0 Å². The molecule has 5 heteroatoms. The van der Waals surface area contributed by atoms with E-state index in [4.69, 9.17) is 4.74 Å². The first-order valence-corrected chi connectivity index (χ1v) is 7.84. The molecule has 0 amide bonds. The second kappa shape index (κ2) is 5.85. The molecule has 120 valence electrons. The van der Waals surface area contributed by atoms with E-state index < -0.39 is 0 Å². The molecule has 0 spiro atoms. The average molecular weight is 318 g/mol. The van der Waals surface area contributed by atoms with Crippen molar-refractivity contribution in [1.82, 2.24) is 14.8 Å². The van der Waals surface area contributed by atoms with Crippen molar-refractivity contribution in [3.63, 3.8) is 0 Å². The van der Waals surface area contributed by atoms with Crippen molar-refractivity contribution < 1.29 is 4.74 Å². The zero-order valence-corrected chi connectivity index (χ0v) is 13.6. The van der Waals surface area contributed by atoms with Crippen LogP contribution < -0.4 is 10.1 Å². The molecular formula is C19H18N4O. The molecule has 2 aromatic carbocycles. The number of nitrogens with one attached hydrogen (secondary N) is 1. The summed E-state index contributed by atoms with van der Waals surface area (Å²) in [6, 6.07) is 16.5. The number of benzene rings is 2. The number of ether oxygens (including phenoxy) is 1. The highest BCUT2D eigenvalue weighted by molar-refractivity contribution is 5.77. The fraction of sp³-hybridized carbons (Fsp3) is 0.158. The first-order valence-electron chi connectivity index (χ1n) is 7.84. The molecular weight excluding hydrogens is 300 g/mol. The lowest BCUT2D eigenvalue weighted by molar-refractivity contribution is 0.413. The monoisotopic (exact) mass is 318 g/mol. The van der Waals surface area contributed by atoms with E-state index in [0.29, 0.717) is 0 Å². The number of hydrogen-bond donors (Lipinski definition) is 1. The highest BCUT2D eigenvalue weighted by Crippen LogP contribution is 2.33. The molecule has 1 aliphatic rings. The van der Waals surface area contributed by atoms with Gasteiger partial charge in [0, 0.05) is 5.70 Å². The van der Waals surface area contributed by atoms with Crippen LogP contribution in [0, 0.1) is 6.92 Å². The second-order valence-corrected chi connectivity index (χ2v) is 5.82. The topological polar surface area (TPSA) is 52.0 Å². The summed E-state index contributed by atoms with van der Waals surface area (Å²) in [5, 5.41) is 7.73. The highest BCUT2D eigenvalue weighted by atomic mass is 16.5. The molecule has 3 aromatic rings. The Kier molecular flexibility index (Phi) is 3.54. The number of rotatable bonds is 3. The molecule has 0 saturated carbocycles. The molecule has 1 aromatic heterocycles. The molecule has 24 heavy (non-hydrogen) atoms. The van der Waals surface area contributed by atoms with Crippen molar-refractivity contribution >= 4 is 11.6 Å². The Balaban J connectivity index is 1.80. The fourth-order valence-electron chi connectivity index (χ4n) is 2.90. The van der Waals surface area contributed by atoms with Gasteiger partial charge in [0.25, 0.3) is 0 Å². The molecule has 1 atom stereocenters. The van der Waals surface area contributed by atoms with E-state index in [-0.39, 0.29) is 6.04 Å². The number of fused-ring (bicyclic) bond motifs is 1. The molecule has 4 rings (SSSR count). The Labute approximate surface area is 140 Å². The Morgan fingerprint density at radius 1 is 1.12 bits per heavy atom. The Hall–Kier alpha value is -3.08. The molecule has 0 bridgehead atoms. The van der Waals surface area contributed by atoms with Crippen molar-refractivity contribution in [3.8, 4) is 5.75 Å². The molecule has 1 N–H and O–H groups in total. The summed E-state index contributed by atoms with van der Waals surface area (Å²) in [6.45, 7) is 2.09. The SMILES string of the molecule is COc1cccc(C2C=C(c3ccc(C)cc3)Nc3ncnn32)c1. The van der Waals surface area contributed by atoms with Gasteiger partial charge in [-0.15, -0.1) is 0 Å². The van der Waals surface area contributed by atoms with Gasteiger partial charge in [0.1, 0.15) is 18.1 Å². The van der Waals surface area contributed by atoms with E-state index >= 15 is 0 Å². The first kappa shape index (κ1) is 14.5. The summed E-state index contributed by atoms with van der Waals surface area (Å²) in [5.41, 5.74) is 4.50. The lowest BCUT2D eigenvalue weighted by atomic mass is 10.0. The van der Waals surface area contributed by atoms with Gasteiger partial charge in [-0.1, -0.05) is 42.0 Å². The number of anilines is 1. The minimum absolute atomic E-state index is 0.0323. The number of aromatic nitrogens is 3. The average Bonchev–Trinajstić information content (AvgIpc) is 3.10. The van der Waals surface area contributed by atoms with Gasteiger partial charge in [-0.2, -0.15) is 10.1 Å². The molecule has 0 fully saturated rings. The van der Waals surface area contributed by atoms with Crippen molar-refractivity contribution in [3.05, 3.63) is 77.6 Å². The lowest BCUT2D eigenvalue weighted by Gasteiger charge is -2.24. The quantitative estimate of drug-likeness (QED) is 0.801. The summed E-state index contributed by atoms with van der Waals surface area (Å²) in [7, 11) is 1.68. The van der Waals surface area contributed by atoms with Crippen LogP contribution in [-0.2, 0) is 0 Å².